The van der Waals surface area contributed by atoms with E-state index in [1.807, 2.05) is 37.3 Å². The van der Waals surface area contributed by atoms with Crippen molar-refractivity contribution >= 4 is 23.5 Å². The highest BCUT2D eigenvalue weighted by molar-refractivity contribution is 8.00. The Hall–Kier alpha value is -3.40. The number of aromatic nitrogens is 5. The molecular formula is C24H26N6O3S. The maximum Gasteiger partial charge on any atom is 0.284 e. The molecule has 176 valence electrons. The lowest BCUT2D eigenvalue weighted by Gasteiger charge is -2.20. The van der Waals surface area contributed by atoms with Gasteiger partial charge in [-0.3, -0.25) is 9.59 Å². The third-order valence-electron chi connectivity index (χ3n) is 5.96. The third kappa shape index (κ3) is 4.25. The molecule has 2 aromatic rings. The van der Waals surface area contributed by atoms with Gasteiger partial charge in [0.2, 0.25) is 5.91 Å². The monoisotopic (exact) mass is 478 g/mol. The summed E-state index contributed by atoms with van der Waals surface area (Å²) in [6.45, 7) is 4.50. The summed E-state index contributed by atoms with van der Waals surface area (Å²) in [6, 6.07) is 11.1. The van der Waals surface area contributed by atoms with Crippen LogP contribution >= 0.6 is 11.8 Å². The maximum atomic E-state index is 13.4. The topological polar surface area (TPSA) is 108 Å². The number of nitrogens with one attached hydrogen (secondary N) is 1. The van der Waals surface area contributed by atoms with Crippen LogP contribution in [0.1, 0.15) is 44.1 Å². The van der Waals surface area contributed by atoms with E-state index in [4.69, 9.17) is 9.51 Å². The van der Waals surface area contributed by atoms with E-state index >= 15 is 0 Å². The van der Waals surface area contributed by atoms with Crippen molar-refractivity contribution in [3.05, 3.63) is 58.2 Å². The zero-order valence-corrected chi connectivity index (χ0v) is 20.0. The molecule has 1 amide bonds. The second-order valence-corrected chi connectivity index (χ2v) is 9.55. The summed E-state index contributed by atoms with van der Waals surface area (Å²) in [6.07, 6.45) is 4.47. The van der Waals surface area contributed by atoms with Gasteiger partial charge in [0.15, 0.2) is 16.8 Å². The van der Waals surface area contributed by atoms with Gasteiger partial charge in [0, 0.05) is 18.3 Å². The van der Waals surface area contributed by atoms with Crippen LogP contribution in [0, 0.1) is 6.92 Å². The molecule has 0 saturated heterocycles. The van der Waals surface area contributed by atoms with Crippen molar-refractivity contribution in [1.29, 1.82) is 0 Å². The molecule has 4 heterocycles. The lowest BCUT2D eigenvalue weighted by Crippen LogP contribution is -2.26. The van der Waals surface area contributed by atoms with Crippen molar-refractivity contribution in [3.8, 4) is 17.1 Å². The molecule has 10 heteroatoms. The predicted octanol–water partition coefficient (Wildman–Crippen LogP) is 4.07. The largest absolute Gasteiger partial charge is 0.360 e. The standard InChI is InChI=1S/C24H26N6O3S/c1-3-18(22(31)25-19-14-15(2)33-28-19)34-24-26-21-20(17-12-8-5-9-13-29(17)24)23(32)30(27-21)16-10-6-4-7-11-16/h4,6-7,10-11,14,18H,3,5,8-9,12-13H2,1-2H3,(H,25,28,31). The first-order valence-corrected chi connectivity index (χ1v) is 12.4. The van der Waals surface area contributed by atoms with E-state index in [9.17, 15) is 9.59 Å². The molecule has 5 rings (SSSR count). The molecule has 1 aromatic carbocycles. The number of carbonyl (C=O) groups excluding carboxylic acids is 1. The van der Waals surface area contributed by atoms with Gasteiger partial charge in [-0.05, 0) is 44.7 Å². The fraction of sp³-hybridized carbons (Fsp3) is 0.375. The van der Waals surface area contributed by atoms with Gasteiger partial charge < -0.3 is 14.4 Å². The number of amides is 1. The molecule has 34 heavy (non-hydrogen) atoms. The number of hydrogen-bond acceptors (Lipinski definition) is 7. The Morgan fingerprint density at radius 3 is 2.79 bits per heavy atom. The van der Waals surface area contributed by atoms with Gasteiger partial charge in [0.25, 0.3) is 5.56 Å². The van der Waals surface area contributed by atoms with Crippen LogP contribution in [0.3, 0.4) is 0 Å². The number of thioether (sulfide) groups is 1. The first-order chi connectivity index (χ1) is 16.5. The lowest BCUT2D eigenvalue weighted by molar-refractivity contribution is -0.115. The number of benzene rings is 1. The smallest absolute Gasteiger partial charge is 0.284 e. The molecule has 0 aliphatic carbocycles. The second-order valence-electron chi connectivity index (χ2n) is 8.38. The number of anilines is 1. The summed E-state index contributed by atoms with van der Waals surface area (Å²) in [5, 5.41) is 11.6. The minimum atomic E-state index is -0.384. The minimum Gasteiger partial charge on any atom is -0.360 e. The summed E-state index contributed by atoms with van der Waals surface area (Å²) >= 11 is 1.40. The van der Waals surface area contributed by atoms with Crippen molar-refractivity contribution in [2.45, 2.75) is 62.9 Å². The van der Waals surface area contributed by atoms with E-state index in [2.05, 4.69) is 20.1 Å². The summed E-state index contributed by atoms with van der Waals surface area (Å²) < 4.78 is 8.60. The maximum absolute atomic E-state index is 13.4. The fourth-order valence-electron chi connectivity index (χ4n) is 4.27. The van der Waals surface area contributed by atoms with E-state index in [0.717, 1.165) is 37.9 Å². The zero-order valence-electron chi connectivity index (χ0n) is 19.2. The highest BCUT2D eigenvalue weighted by Crippen LogP contribution is 2.33. The molecule has 0 radical (unpaired) electrons. The van der Waals surface area contributed by atoms with Crippen LogP contribution in [0.4, 0.5) is 5.82 Å². The van der Waals surface area contributed by atoms with Gasteiger partial charge in [-0.1, -0.05) is 48.5 Å². The number of hydrogen-bond donors (Lipinski definition) is 1. The average molecular weight is 479 g/mol. The Kier molecular flexibility index (Phi) is 6.23. The van der Waals surface area contributed by atoms with Crippen molar-refractivity contribution < 1.29 is 9.32 Å². The second kappa shape index (κ2) is 9.46. The van der Waals surface area contributed by atoms with Crippen molar-refractivity contribution in [2.75, 3.05) is 5.32 Å². The number of fused-ring (bicyclic) bond motifs is 3. The molecule has 0 bridgehead atoms. The van der Waals surface area contributed by atoms with Crippen LogP contribution in [0.15, 0.2) is 50.9 Å². The Bertz CT molecular complexity index is 1340. The van der Waals surface area contributed by atoms with Crippen LogP contribution in [-0.4, -0.2) is 35.6 Å². The SMILES string of the molecule is CCC(Sc1nc2nn(-c3ccccc3)c(=O)c-2c2n1CCCCC2)C(=O)Nc1cc(C)on1. The van der Waals surface area contributed by atoms with E-state index in [-0.39, 0.29) is 16.7 Å². The normalized spacial score (nSPS) is 14.5. The highest BCUT2D eigenvalue weighted by Gasteiger charge is 2.29. The number of para-hydroxylation sites is 1. The fourth-order valence-corrected chi connectivity index (χ4v) is 5.32. The molecule has 1 aromatic heterocycles. The van der Waals surface area contributed by atoms with Gasteiger partial charge in [-0.2, -0.15) is 4.68 Å². The van der Waals surface area contributed by atoms with Gasteiger partial charge in [0.05, 0.1) is 10.9 Å². The van der Waals surface area contributed by atoms with Crippen LogP contribution in [0.2, 0.25) is 0 Å². The minimum absolute atomic E-state index is 0.151. The Morgan fingerprint density at radius 2 is 2.06 bits per heavy atom. The van der Waals surface area contributed by atoms with Gasteiger partial charge >= 0.3 is 0 Å². The number of rotatable bonds is 6. The molecule has 9 nitrogen and oxygen atoms in total. The molecule has 3 aliphatic heterocycles. The van der Waals surface area contributed by atoms with Crippen molar-refractivity contribution in [2.24, 2.45) is 0 Å². The molecule has 3 aliphatic rings. The number of carbonyl (C=O) groups is 1. The highest BCUT2D eigenvalue weighted by atomic mass is 32.2. The van der Waals surface area contributed by atoms with Crippen molar-refractivity contribution in [1.82, 2.24) is 24.5 Å². The molecule has 1 unspecified atom stereocenters. The van der Waals surface area contributed by atoms with Crippen LogP contribution in [0.5, 0.6) is 0 Å². The molecule has 0 saturated carbocycles. The Labute approximate surface area is 200 Å². The lowest BCUT2D eigenvalue weighted by atomic mass is 10.1. The van der Waals surface area contributed by atoms with Gasteiger partial charge in [0.1, 0.15) is 11.3 Å². The summed E-state index contributed by atoms with van der Waals surface area (Å²) in [5.74, 6) is 1.29. The van der Waals surface area contributed by atoms with Crippen LogP contribution in [-0.2, 0) is 17.8 Å². The van der Waals surface area contributed by atoms with Crippen molar-refractivity contribution in [3.63, 3.8) is 0 Å². The molecule has 1 N–H and O–H groups in total. The Morgan fingerprint density at radius 1 is 1.24 bits per heavy atom. The number of aryl methyl sites for hydroxylation is 1. The Balaban J connectivity index is 1.55. The van der Waals surface area contributed by atoms with E-state index in [0.29, 0.717) is 40.2 Å². The van der Waals surface area contributed by atoms with Crippen LogP contribution in [0.25, 0.3) is 17.1 Å². The summed E-state index contributed by atoms with van der Waals surface area (Å²) in [7, 11) is 0. The predicted molar refractivity (Wildman–Crippen MR) is 130 cm³/mol. The van der Waals surface area contributed by atoms with Crippen LogP contribution < -0.4 is 10.9 Å². The molecular weight excluding hydrogens is 452 g/mol. The number of nitrogens with zero attached hydrogens (tertiary/aromatic N) is 5. The van der Waals surface area contributed by atoms with Gasteiger partial charge in [-0.25, -0.2) is 4.98 Å². The zero-order chi connectivity index (χ0) is 23.7. The van der Waals surface area contributed by atoms with E-state index in [1.165, 1.54) is 16.4 Å². The van der Waals surface area contributed by atoms with E-state index < -0.39 is 0 Å². The molecule has 0 fully saturated rings. The first kappa shape index (κ1) is 22.4. The quantitative estimate of drug-likeness (QED) is 0.329. The molecule has 0 spiro atoms. The summed E-state index contributed by atoms with van der Waals surface area (Å²) in [5.41, 5.74) is 2.09. The van der Waals surface area contributed by atoms with Gasteiger partial charge in [-0.15, -0.1) is 5.10 Å². The molecule has 1 atom stereocenters. The van der Waals surface area contributed by atoms with E-state index in [1.54, 1.807) is 13.0 Å². The first-order valence-electron chi connectivity index (χ1n) is 11.5. The summed E-state index contributed by atoms with van der Waals surface area (Å²) in [4.78, 5) is 31.2. The third-order valence-corrected chi connectivity index (χ3v) is 7.31. The average Bonchev–Trinajstić information content (AvgIpc) is 3.29.